The summed E-state index contributed by atoms with van der Waals surface area (Å²) in [6.07, 6.45) is 3.70. The number of ketones is 1. The number of hydrogen-bond acceptors (Lipinski definition) is 3. The predicted molar refractivity (Wildman–Crippen MR) is 131 cm³/mol. The van der Waals surface area contributed by atoms with Crippen LogP contribution in [0.3, 0.4) is 0 Å². The Hall–Kier alpha value is -1.68. The number of carbonyl (C=O) groups excluding carboxylic acids is 1. The first-order valence-corrected chi connectivity index (χ1v) is 11.9. The van der Waals surface area contributed by atoms with E-state index in [0.29, 0.717) is 12.3 Å². The van der Waals surface area contributed by atoms with Gasteiger partial charge in [0.2, 0.25) is 0 Å². The molecule has 3 unspecified atom stereocenters. The first kappa shape index (κ1) is 25.6. The third-order valence-corrected chi connectivity index (χ3v) is 6.40. The first-order valence-electron chi connectivity index (χ1n) is 11.5. The number of aliphatic hydroxyl groups excluding tert-OH is 1. The molecule has 0 heterocycles. The largest absolute Gasteiger partial charge is 0.374 e. The van der Waals surface area contributed by atoms with Gasteiger partial charge in [0, 0.05) is 11.4 Å². The molecule has 0 aliphatic rings. The molecule has 2 aromatic rings. The van der Waals surface area contributed by atoms with Crippen LogP contribution in [0.5, 0.6) is 0 Å². The number of halogens is 1. The van der Waals surface area contributed by atoms with Crippen molar-refractivity contribution in [2.24, 2.45) is 5.92 Å². The van der Waals surface area contributed by atoms with Crippen LogP contribution < -0.4 is 5.32 Å². The van der Waals surface area contributed by atoms with Crippen molar-refractivity contribution in [2.75, 3.05) is 0 Å². The summed E-state index contributed by atoms with van der Waals surface area (Å²) in [5.74, 6) is 0.724. The fraction of sp³-hybridized carbons (Fsp3) is 0.519. The van der Waals surface area contributed by atoms with Gasteiger partial charge in [-0.15, -0.1) is 0 Å². The van der Waals surface area contributed by atoms with E-state index in [9.17, 15) is 9.90 Å². The van der Waals surface area contributed by atoms with Crippen molar-refractivity contribution in [2.45, 2.75) is 84.9 Å². The summed E-state index contributed by atoms with van der Waals surface area (Å²) in [5.41, 5.74) is 4.42. The standard InChI is InChI=1S/C27H38ClNO2/c1-6-8-21(22-13-15-24(28)16-14-22)9-7-10-25(30)26(18(2)3)29-27(31)23-12-11-19(4)20(5)17-23/h11-18,21,26-27,29,31H,6-10H2,1-5H3. The second kappa shape index (κ2) is 12.4. The summed E-state index contributed by atoms with van der Waals surface area (Å²) >= 11 is 6.03. The van der Waals surface area contributed by atoms with Crippen molar-refractivity contribution in [3.63, 3.8) is 0 Å². The van der Waals surface area contributed by atoms with Gasteiger partial charge in [0.15, 0.2) is 0 Å². The minimum atomic E-state index is -0.849. The van der Waals surface area contributed by atoms with Crippen molar-refractivity contribution < 1.29 is 9.90 Å². The smallest absolute Gasteiger partial charge is 0.150 e. The lowest BCUT2D eigenvalue weighted by Crippen LogP contribution is -2.43. The molecule has 4 heteroatoms. The monoisotopic (exact) mass is 443 g/mol. The molecule has 0 fully saturated rings. The number of carbonyl (C=O) groups is 1. The van der Waals surface area contributed by atoms with Crippen LogP contribution in [0.2, 0.25) is 5.02 Å². The van der Waals surface area contributed by atoms with Gasteiger partial charge in [-0.25, -0.2) is 0 Å². The SMILES string of the molecule is CCCC(CCCC(=O)C(NC(O)c1ccc(C)c(C)c1)C(C)C)c1ccc(Cl)cc1. The Bertz CT molecular complexity index is 832. The predicted octanol–water partition coefficient (Wildman–Crippen LogP) is 6.89. The number of nitrogens with one attached hydrogen (secondary N) is 1. The van der Waals surface area contributed by atoms with E-state index < -0.39 is 6.23 Å². The van der Waals surface area contributed by atoms with Gasteiger partial charge in [0.25, 0.3) is 0 Å². The highest BCUT2D eigenvalue weighted by Crippen LogP contribution is 2.28. The van der Waals surface area contributed by atoms with E-state index in [1.165, 1.54) is 11.1 Å². The number of aryl methyl sites for hydroxylation is 2. The van der Waals surface area contributed by atoms with Crippen LogP contribution in [0.25, 0.3) is 0 Å². The lowest BCUT2D eigenvalue weighted by Gasteiger charge is -2.25. The Kier molecular flexibility index (Phi) is 10.2. The van der Waals surface area contributed by atoms with Crippen molar-refractivity contribution >= 4 is 17.4 Å². The third-order valence-electron chi connectivity index (χ3n) is 6.15. The van der Waals surface area contributed by atoms with E-state index in [4.69, 9.17) is 11.6 Å². The molecule has 0 aliphatic heterocycles. The molecular weight excluding hydrogens is 406 g/mol. The lowest BCUT2D eigenvalue weighted by atomic mass is 9.88. The average Bonchev–Trinajstić information content (AvgIpc) is 2.73. The highest BCUT2D eigenvalue weighted by molar-refractivity contribution is 6.30. The van der Waals surface area contributed by atoms with Crippen LogP contribution in [-0.4, -0.2) is 16.9 Å². The number of benzene rings is 2. The summed E-state index contributed by atoms with van der Waals surface area (Å²) < 4.78 is 0. The van der Waals surface area contributed by atoms with Crippen molar-refractivity contribution in [1.29, 1.82) is 0 Å². The Morgan fingerprint density at radius 2 is 1.65 bits per heavy atom. The second-order valence-corrected chi connectivity index (χ2v) is 9.47. The molecule has 0 spiro atoms. The molecule has 2 aromatic carbocycles. The summed E-state index contributed by atoms with van der Waals surface area (Å²) in [5, 5.41) is 14.6. The summed E-state index contributed by atoms with van der Waals surface area (Å²) in [4.78, 5) is 13.0. The lowest BCUT2D eigenvalue weighted by molar-refractivity contribution is -0.123. The van der Waals surface area contributed by atoms with E-state index >= 15 is 0 Å². The Morgan fingerprint density at radius 3 is 2.23 bits per heavy atom. The minimum absolute atomic E-state index is 0.108. The van der Waals surface area contributed by atoms with Gasteiger partial charge in [-0.05, 0) is 79.3 Å². The van der Waals surface area contributed by atoms with Crippen LogP contribution >= 0.6 is 11.6 Å². The first-order chi connectivity index (χ1) is 14.7. The Balaban J connectivity index is 1.96. The van der Waals surface area contributed by atoms with Crippen LogP contribution in [0.1, 0.15) is 87.3 Å². The zero-order chi connectivity index (χ0) is 23.0. The number of Topliss-reactive ketones (excluding diaryl/α,β-unsaturated/α-hetero) is 1. The second-order valence-electron chi connectivity index (χ2n) is 9.03. The number of hydrogen-bond donors (Lipinski definition) is 2. The van der Waals surface area contributed by atoms with Crippen LogP contribution in [0.15, 0.2) is 42.5 Å². The molecule has 0 amide bonds. The molecule has 2 rings (SSSR count). The highest BCUT2D eigenvalue weighted by atomic mass is 35.5. The van der Waals surface area contributed by atoms with Crippen molar-refractivity contribution in [3.05, 3.63) is 69.7 Å². The van der Waals surface area contributed by atoms with Crippen LogP contribution in [-0.2, 0) is 4.79 Å². The minimum Gasteiger partial charge on any atom is -0.374 e. The molecule has 170 valence electrons. The van der Waals surface area contributed by atoms with Gasteiger partial charge in [0.05, 0.1) is 6.04 Å². The Labute approximate surface area is 193 Å². The third kappa shape index (κ3) is 7.75. The zero-order valence-corrected chi connectivity index (χ0v) is 20.4. The average molecular weight is 444 g/mol. The van der Waals surface area contributed by atoms with E-state index in [0.717, 1.165) is 41.8 Å². The molecular formula is C27H38ClNO2. The molecule has 0 saturated carbocycles. The Morgan fingerprint density at radius 1 is 1.00 bits per heavy atom. The maximum atomic E-state index is 13.0. The van der Waals surface area contributed by atoms with Crippen molar-refractivity contribution in [3.8, 4) is 0 Å². The molecule has 0 bridgehead atoms. The van der Waals surface area contributed by atoms with Gasteiger partial charge in [-0.1, -0.05) is 69.1 Å². The quantitative estimate of drug-likeness (QED) is 0.351. The van der Waals surface area contributed by atoms with E-state index in [-0.39, 0.29) is 17.7 Å². The molecule has 3 nitrogen and oxygen atoms in total. The molecule has 0 aliphatic carbocycles. The van der Waals surface area contributed by atoms with Crippen molar-refractivity contribution in [1.82, 2.24) is 5.32 Å². The van der Waals surface area contributed by atoms with Gasteiger partial charge >= 0.3 is 0 Å². The van der Waals surface area contributed by atoms with E-state index in [1.54, 1.807) is 0 Å². The number of aliphatic hydroxyl groups is 1. The van der Waals surface area contributed by atoms with E-state index in [1.807, 2.05) is 51.1 Å². The molecule has 0 saturated heterocycles. The topological polar surface area (TPSA) is 49.3 Å². The summed E-state index contributed by atoms with van der Waals surface area (Å²) in [6, 6.07) is 13.6. The van der Waals surface area contributed by atoms with Gasteiger partial charge in [-0.2, -0.15) is 0 Å². The normalized spacial score (nSPS) is 14.5. The highest BCUT2D eigenvalue weighted by Gasteiger charge is 2.25. The van der Waals surface area contributed by atoms with Crippen LogP contribution in [0, 0.1) is 19.8 Å². The number of rotatable bonds is 12. The maximum Gasteiger partial charge on any atom is 0.150 e. The summed E-state index contributed by atoms with van der Waals surface area (Å²) in [6.45, 7) is 10.3. The van der Waals surface area contributed by atoms with Gasteiger partial charge in [-0.3, -0.25) is 10.1 Å². The molecule has 2 N–H and O–H groups in total. The fourth-order valence-corrected chi connectivity index (χ4v) is 4.22. The van der Waals surface area contributed by atoms with Crippen LogP contribution in [0.4, 0.5) is 0 Å². The molecule has 31 heavy (non-hydrogen) atoms. The molecule has 0 radical (unpaired) electrons. The maximum absolute atomic E-state index is 13.0. The molecule has 3 atom stereocenters. The van der Waals surface area contributed by atoms with Gasteiger partial charge < -0.3 is 5.11 Å². The zero-order valence-electron chi connectivity index (χ0n) is 19.6. The summed E-state index contributed by atoms with van der Waals surface area (Å²) in [7, 11) is 0. The fourth-order valence-electron chi connectivity index (χ4n) is 4.10. The molecule has 0 aromatic heterocycles. The van der Waals surface area contributed by atoms with Gasteiger partial charge in [0.1, 0.15) is 12.0 Å². The van der Waals surface area contributed by atoms with E-state index in [2.05, 4.69) is 31.3 Å².